The minimum Gasteiger partial charge on any atom is -0.481 e. The van der Waals surface area contributed by atoms with E-state index in [0.29, 0.717) is 0 Å². The molecule has 0 amide bonds. The number of sulfonamides is 1. The van der Waals surface area contributed by atoms with Gasteiger partial charge in [-0.1, -0.05) is 24.6 Å². The van der Waals surface area contributed by atoms with Crippen molar-refractivity contribution in [3.05, 3.63) is 29.0 Å². The van der Waals surface area contributed by atoms with E-state index in [-0.39, 0.29) is 11.6 Å². The Morgan fingerprint density at radius 3 is 2.58 bits per heavy atom. The molecule has 1 unspecified atom stereocenters. The Hall–Kier alpha value is -1.18. The lowest BCUT2D eigenvalue weighted by molar-refractivity contribution is -0.141. The summed E-state index contributed by atoms with van der Waals surface area (Å²) in [5, 5.41) is 8.51. The fraction of sp³-hybridized carbons (Fsp3) is 0.364. The highest BCUT2D eigenvalue weighted by Crippen LogP contribution is 2.27. The topological polar surface area (TPSA) is 74.7 Å². The summed E-state index contributed by atoms with van der Waals surface area (Å²) in [4.78, 5) is 10.1. The van der Waals surface area contributed by atoms with Crippen LogP contribution < -0.4 is 0 Å². The molecular weight excluding hydrogens is 297 g/mol. The number of hydrogen-bond acceptors (Lipinski definition) is 3. The van der Waals surface area contributed by atoms with Crippen molar-refractivity contribution in [3.8, 4) is 0 Å². The Labute approximate surface area is 115 Å². The second kappa shape index (κ2) is 5.85. The van der Waals surface area contributed by atoms with E-state index in [0.717, 1.165) is 10.4 Å². The van der Waals surface area contributed by atoms with Crippen LogP contribution >= 0.6 is 11.6 Å². The lowest BCUT2D eigenvalue weighted by Crippen LogP contribution is -2.34. The van der Waals surface area contributed by atoms with Gasteiger partial charge in [0, 0.05) is 13.6 Å². The van der Waals surface area contributed by atoms with E-state index in [9.17, 15) is 17.6 Å². The standard InChI is InChI=1S/C11H13ClFNO4S/c1-7(11(15)16)6-14(2)19(17,18)10-8(12)4-3-5-9(10)13/h3-5,7H,6H2,1-2H3,(H,15,16). The molecule has 0 spiro atoms. The molecule has 0 heterocycles. The second-order valence-electron chi connectivity index (χ2n) is 4.08. The SMILES string of the molecule is CC(CN(C)S(=O)(=O)c1c(F)cccc1Cl)C(=O)O. The van der Waals surface area contributed by atoms with Gasteiger partial charge in [0.2, 0.25) is 10.0 Å². The number of halogens is 2. The van der Waals surface area contributed by atoms with Crippen LogP contribution in [0.2, 0.25) is 5.02 Å². The van der Waals surface area contributed by atoms with Gasteiger partial charge in [0.15, 0.2) is 0 Å². The van der Waals surface area contributed by atoms with Gasteiger partial charge in [0.25, 0.3) is 0 Å². The molecule has 1 N–H and O–H groups in total. The van der Waals surface area contributed by atoms with Gasteiger partial charge in [-0.05, 0) is 12.1 Å². The fourth-order valence-electron chi connectivity index (χ4n) is 1.45. The van der Waals surface area contributed by atoms with Crippen LogP contribution in [0.5, 0.6) is 0 Å². The van der Waals surface area contributed by atoms with E-state index >= 15 is 0 Å². The summed E-state index contributed by atoms with van der Waals surface area (Å²) in [6.45, 7) is 1.08. The molecule has 0 aromatic heterocycles. The number of aliphatic carboxylic acids is 1. The third kappa shape index (κ3) is 3.43. The fourth-order valence-corrected chi connectivity index (χ4v) is 3.26. The molecule has 5 nitrogen and oxygen atoms in total. The lowest BCUT2D eigenvalue weighted by atomic mass is 10.2. The van der Waals surface area contributed by atoms with Gasteiger partial charge in [-0.25, -0.2) is 12.8 Å². The average molecular weight is 310 g/mol. The zero-order valence-corrected chi connectivity index (χ0v) is 11.9. The average Bonchev–Trinajstić information content (AvgIpc) is 2.27. The number of carboxylic acid groups (broad SMARTS) is 1. The molecule has 106 valence electrons. The molecule has 0 fully saturated rings. The van der Waals surface area contributed by atoms with Crippen molar-refractivity contribution < 1.29 is 22.7 Å². The summed E-state index contributed by atoms with van der Waals surface area (Å²) in [5.41, 5.74) is 0. The van der Waals surface area contributed by atoms with Crippen molar-refractivity contribution in [2.45, 2.75) is 11.8 Å². The number of carboxylic acids is 1. The van der Waals surface area contributed by atoms with Gasteiger partial charge in [0.05, 0.1) is 10.9 Å². The first-order chi connectivity index (χ1) is 8.67. The van der Waals surface area contributed by atoms with E-state index in [2.05, 4.69) is 0 Å². The van der Waals surface area contributed by atoms with Crippen molar-refractivity contribution >= 4 is 27.6 Å². The van der Waals surface area contributed by atoms with Gasteiger partial charge in [-0.3, -0.25) is 4.79 Å². The van der Waals surface area contributed by atoms with Crippen LogP contribution in [0.15, 0.2) is 23.1 Å². The van der Waals surface area contributed by atoms with Crippen molar-refractivity contribution in [1.82, 2.24) is 4.31 Å². The quantitative estimate of drug-likeness (QED) is 0.900. The minimum atomic E-state index is -4.17. The highest BCUT2D eigenvalue weighted by Gasteiger charge is 2.29. The molecule has 0 radical (unpaired) electrons. The first-order valence-corrected chi connectivity index (χ1v) is 7.13. The van der Waals surface area contributed by atoms with Crippen LogP contribution in [0.4, 0.5) is 4.39 Å². The molecule has 19 heavy (non-hydrogen) atoms. The summed E-state index contributed by atoms with van der Waals surface area (Å²) >= 11 is 5.70. The molecule has 0 saturated carbocycles. The number of nitrogens with zero attached hydrogens (tertiary/aromatic N) is 1. The molecule has 8 heteroatoms. The molecule has 0 aliphatic carbocycles. The molecule has 1 aromatic carbocycles. The molecule has 0 saturated heterocycles. The maximum absolute atomic E-state index is 13.6. The third-order valence-corrected chi connectivity index (χ3v) is 4.87. The minimum absolute atomic E-state index is 0.241. The van der Waals surface area contributed by atoms with Crippen LogP contribution in [0, 0.1) is 11.7 Å². The maximum Gasteiger partial charge on any atom is 0.307 e. The van der Waals surface area contributed by atoms with Crippen molar-refractivity contribution in [2.75, 3.05) is 13.6 Å². The maximum atomic E-state index is 13.6. The van der Waals surface area contributed by atoms with Crippen LogP contribution in [-0.4, -0.2) is 37.4 Å². The number of hydrogen-bond donors (Lipinski definition) is 1. The summed E-state index contributed by atoms with van der Waals surface area (Å²) in [6.07, 6.45) is 0. The van der Waals surface area contributed by atoms with Crippen LogP contribution in [0.1, 0.15) is 6.92 Å². The van der Waals surface area contributed by atoms with Gasteiger partial charge in [0.1, 0.15) is 10.7 Å². The smallest absolute Gasteiger partial charge is 0.307 e. The van der Waals surface area contributed by atoms with Crippen LogP contribution in [-0.2, 0) is 14.8 Å². The third-order valence-electron chi connectivity index (χ3n) is 2.54. The Morgan fingerprint density at radius 2 is 2.11 bits per heavy atom. The highest BCUT2D eigenvalue weighted by atomic mass is 35.5. The first-order valence-electron chi connectivity index (χ1n) is 5.31. The normalized spacial score (nSPS) is 13.5. The van der Waals surface area contributed by atoms with Gasteiger partial charge in [-0.15, -0.1) is 0 Å². The molecular formula is C11H13ClFNO4S. The highest BCUT2D eigenvalue weighted by molar-refractivity contribution is 7.89. The van der Waals surface area contributed by atoms with Crippen molar-refractivity contribution in [3.63, 3.8) is 0 Å². The number of rotatable bonds is 5. The number of carbonyl (C=O) groups is 1. The van der Waals surface area contributed by atoms with E-state index in [1.807, 2.05) is 0 Å². The summed E-state index contributed by atoms with van der Waals surface area (Å²) < 4.78 is 38.7. The molecule has 1 aromatic rings. The predicted molar refractivity (Wildman–Crippen MR) is 68.0 cm³/mol. The monoisotopic (exact) mass is 309 g/mol. The zero-order chi connectivity index (χ0) is 14.8. The van der Waals surface area contributed by atoms with E-state index in [1.165, 1.54) is 26.1 Å². The van der Waals surface area contributed by atoms with E-state index < -0.39 is 32.6 Å². The number of benzene rings is 1. The largest absolute Gasteiger partial charge is 0.481 e. The van der Waals surface area contributed by atoms with Crippen molar-refractivity contribution in [2.24, 2.45) is 5.92 Å². The van der Waals surface area contributed by atoms with E-state index in [1.54, 1.807) is 0 Å². The second-order valence-corrected chi connectivity index (χ2v) is 6.46. The van der Waals surface area contributed by atoms with Gasteiger partial charge in [-0.2, -0.15) is 4.31 Å². The molecule has 0 aliphatic rings. The summed E-state index contributed by atoms with van der Waals surface area (Å²) in [5.74, 6) is -3.02. The Morgan fingerprint density at radius 1 is 1.53 bits per heavy atom. The Kier molecular flexibility index (Phi) is 4.89. The van der Waals surface area contributed by atoms with Gasteiger partial charge < -0.3 is 5.11 Å². The first kappa shape index (κ1) is 15.9. The van der Waals surface area contributed by atoms with Gasteiger partial charge >= 0.3 is 5.97 Å². The molecule has 1 atom stereocenters. The van der Waals surface area contributed by atoms with Crippen molar-refractivity contribution in [1.29, 1.82) is 0 Å². The zero-order valence-electron chi connectivity index (χ0n) is 10.3. The Bertz CT molecular complexity index is 570. The van der Waals surface area contributed by atoms with Crippen LogP contribution in [0.3, 0.4) is 0 Å². The summed E-state index contributed by atoms with van der Waals surface area (Å²) in [7, 11) is -2.99. The van der Waals surface area contributed by atoms with E-state index in [4.69, 9.17) is 16.7 Å². The van der Waals surface area contributed by atoms with Crippen LogP contribution in [0.25, 0.3) is 0 Å². The summed E-state index contributed by atoms with van der Waals surface area (Å²) in [6, 6.07) is 3.52. The Balaban J connectivity index is 3.14. The predicted octanol–water partition coefficient (Wildman–Crippen LogP) is 1.82. The lowest BCUT2D eigenvalue weighted by Gasteiger charge is -2.20. The molecule has 0 aliphatic heterocycles. The molecule has 0 bridgehead atoms. The molecule has 1 rings (SSSR count).